The maximum atomic E-state index is 9.92. The summed E-state index contributed by atoms with van der Waals surface area (Å²) in [6.07, 6.45) is 1.49. The van der Waals surface area contributed by atoms with E-state index in [1.54, 1.807) is 0 Å². The third-order valence-electron chi connectivity index (χ3n) is 1.20. The van der Waals surface area contributed by atoms with Gasteiger partial charge in [0.05, 0.1) is 6.61 Å². The molecule has 0 aromatic carbocycles. The predicted molar refractivity (Wildman–Crippen MR) is 39.6 cm³/mol. The first-order valence-corrected chi connectivity index (χ1v) is 4.19. The Balaban J connectivity index is 3.11. The summed E-state index contributed by atoms with van der Waals surface area (Å²) in [5.41, 5.74) is 5.50. The van der Waals surface area contributed by atoms with Gasteiger partial charge < -0.3 is 5.73 Å². The minimum Gasteiger partial charge on any atom is -0.328 e. The molecule has 5 heteroatoms. The molecule has 0 saturated carbocycles. The van der Waals surface area contributed by atoms with Gasteiger partial charge in [0, 0.05) is 6.04 Å². The molecule has 4 nitrogen and oxygen atoms in total. The highest BCUT2D eigenvalue weighted by molar-refractivity contribution is 7.74. The van der Waals surface area contributed by atoms with Crippen LogP contribution in [0, 0.1) is 0 Å². The molecule has 0 heterocycles. The first-order valence-electron chi connectivity index (χ1n) is 3.16. The Morgan fingerprint density at radius 3 is 2.80 bits per heavy atom. The van der Waals surface area contributed by atoms with Crippen molar-refractivity contribution in [2.75, 3.05) is 6.61 Å². The first kappa shape index (κ1) is 10.0. The van der Waals surface area contributed by atoms with Crippen LogP contribution in [0.5, 0.6) is 0 Å². The lowest BCUT2D eigenvalue weighted by Gasteiger charge is -2.05. The van der Waals surface area contributed by atoms with Crippen LogP contribution in [0.15, 0.2) is 0 Å². The van der Waals surface area contributed by atoms with Gasteiger partial charge in [-0.2, -0.15) is 4.21 Å². The highest BCUT2D eigenvalue weighted by atomic mass is 32.2. The molecule has 0 aliphatic heterocycles. The van der Waals surface area contributed by atoms with E-state index in [1.807, 2.05) is 6.92 Å². The van der Waals surface area contributed by atoms with Gasteiger partial charge in [-0.3, -0.25) is 8.74 Å². The Hall–Kier alpha value is 0.0300. The van der Waals surface area contributed by atoms with E-state index in [9.17, 15) is 4.21 Å². The summed E-state index contributed by atoms with van der Waals surface area (Å²) in [4.78, 5) is 0. The standard InChI is InChI=1S/C5H13NO3S/c1-2-5(6)3-4-9-10(7)8/h5H,2-4,6H2,1H3,(H,7,8). The second-order valence-electron chi connectivity index (χ2n) is 2.00. The molecule has 0 saturated heterocycles. The third kappa shape index (κ3) is 6.15. The van der Waals surface area contributed by atoms with Gasteiger partial charge in [0.25, 0.3) is 0 Å². The maximum Gasteiger partial charge on any atom is 0.301 e. The third-order valence-corrected chi connectivity index (χ3v) is 1.57. The van der Waals surface area contributed by atoms with Crippen molar-refractivity contribution in [2.45, 2.75) is 25.8 Å². The fraction of sp³-hybridized carbons (Fsp3) is 1.00. The van der Waals surface area contributed by atoms with Crippen LogP contribution < -0.4 is 5.73 Å². The highest BCUT2D eigenvalue weighted by Crippen LogP contribution is 1.94. The lowest BCUT2D eigenvalue weighted by Crippen LogP contribution is -2.20. The fourth-order valence-electron chi connectivity index (χ4n) is 0.475. The molecule has 10 heavy (non-hydrogen) atoms. The van der Waals surface area contributed by atoms with E-state index in [0.717, 1.165) is 6.42 Å². The van der Waals surface area contributed by atoms with Gasteiger partial charge in [-0.1, -0.05) is 6.92 Å². The van der Waals surface area contributed by atoms with Gasteiger partial charge in [-0.25, -0.2) is 0 Å². The molecule has 0 aliphatic rings. The minimum absolute atomic E-state index is 0.0727. The lowest BCUT2D eigenvalue weighted by atomic mass is 10.2. The number of hydrogen-bond donors (Lipinski definition) is 2. The van der Waals surface area contributed by atoms with Crippen molar-refractivity contribution in [3.8, 4) is 0 Å². The molecule has 0 rings (SSSR count). The Morgan fingerprint density at radius 2 is 2.40 bits per heavy atom. The van der Waals surface area contributed by atoms with Crippen molar-refractivity contribution in [3.05, 3.63) is 0 Å². The van der Waals surface area contributed by atoms with E-state index >= 15 is 0 Å². The van der Waals surface area contributed by atoms with Crippen LogP contribution >= 0.6 is 0 Å². The monoisotopic (exact) mass is 167 g/mol. The molecular weight excluding hydrogens is 154 g/mol. The van der Waals surface area contributed by atoms with Crippen LogP contribution in [0.25, 0.3) is 0 Å². The molecule has 2 atom stereocenters. The van der Waals surface area contributed by atoms with E-state index in [0.29, 0.717) is 6.42 Å². The average molecular weight is 167 g/mol. The van der Waals surface area contributed by atoms with Crippen LogP contribution in [0.3, 0.4) is 0 Å². The van der Waals surface area contributed by atoms with Gasteiger partial charge >= 0.3 is 11.4 Å². The van der Waals surface area contributed by atoms with Crippen molar-refractivity contribution < 1.29 is 12.9 Å². The molecule has 0 aromatic rings. The zero-order valence-electron chi connectivity index (χ0n) is 5.95. The number of nitrogens with two attached hydrogens (primary N) is 1. The smallest absolute Gasteiger partial charge is 0.301 e. The van der Waals surface area contributed by atoms with Crippen molar-refractivity contribution in [1.82, 2.24) is 0 Å². The highest BCUT2D eigenvalue weighted by Gasteiger charge is 1.99. The van der Waals surface area contributed by atoms with E-state index < -0.39 is 11.4 Å². The molecule has 0 fully saturated rings. The van der Waals surface area contributed by atoms with Crippen molar-refractivity contribution in [2.24, 2.45) is 5.73 Å². The molecule has 0 aliphatic carbocycles. The summed E-state index contributed by atoms with van der Waals surface area (Å²) in [6.45, 7) is 2.21. The normalized spacial score (nSPS) is 16.7. The van der Waals surface area contributed by atoms with Crippen molar-refractivity contribution in [3.63, 3.8) is 0 Å². The summed E-state index contributed by atoms with van der Waals surface area (Å²) >= 11 is -2.14. The summed E-state index contributed by atoms with van der Waals surface area (Å²) in [7, 11) is 0. The second-order valence-corrected chi connectivity index (χ2v) is 2.67. The quantitative estimate of drug-likeness (QED) is 0.576. The Labute approximate surface area is 63.2 Å². The molecule has 62 valence electrons. The molecule has 0 radical (unpaired) electrons. The zero-order valence-corrected chi connectivity index (χ0v) is 6.76. The topological polar surface area (TPSA) is 72.5 Å². The molecule has 0 aromatic heterocycles. The SMILES string of the molecule is CCC(N)CCOS(=O)O. The first-order chi connectivity index (χ1) is 4.66. The van der Waals surface area contributed by atoms with Crippen LogP contribution in [0.4, 0.5) is 0 Å². The fourth-order valence-corrected chi connectivity index (χ4v) is 0.714. The lowest BCUT2D eigenvalue weighted by molar-refractivity contribution is 0.289. The second kappa shape index (κ2) is 5.79. The molecular formula is C5H13NO3S. The Kier molecular flexibility index (Phi) is 5.81. The molecule has 0 spiro atoms. The van der Waals surface area contributed by atoms with E-state index in [2.05, 4.69) is 4.18 Å². The van der Waals surface area contributed by atoms with Gasteiger partial charge in [0.2, 0.25) is 0 Å². The van der Waals surface area contributed by atoms with Gasteiger partial charge in [0.15, 0.2) is 0 Å². The number of rotatable bonds is 5. The largest absolute Gasteiger partial charge is 0.328 e. The van der Waals surface area contributed by atoms with Gasteiger partial charge in [-0.05, 0) is 12.8 Å². The van der Waals surface area contributed by atoms with Crippen LogP contribution in [-0.2, 0) is 15.5 Å². The van der Waals surface area contributed by atoms with Crippen molar-refractivity contribution >= 4 is 11.4 Å². The summed E-state index contributed by atoms with van der Waals surface area (Å²) < 4.78 is 22.4. The number of hydrogen-bond acceptors (Lipinski definition) is 3. The summed E-state index contributed by atoms with van der Waals surface area (Å²) in [5, 5.41) is 0. The van der Waals surface area contributed by atoms with Gasteiger partial charge in [-0.15, -0.1) is 0 Å². The summed E-state index contributed by atoms with van der Waals surface area (Å²) in [5.74, 6) is 0. The molecule has 0 bridgehead atoms. The molecule has 0 amide bonds. The van der Waals surface area contributed by atoms with Crippen LogP contribution in [0.2, 0.25) is 0 Å². The summed E-state index contributed by atoms with van der Waals surface area (Å²) in [6, 6.07) is 0.0727. The minimum atomic E-state index is -2.14. The molecule has 3 N–H and O–H groups in total. The average Bonchev–Trinajstić information content (AvgIpc) is 1.87. The van der Waals surface area contributed by atoms with E-state index in [-0.39, 0.29) is 12.6 Å². The van der Waals surface area contributed by atoms with Crippen molar-refractivity contribution in [1.29, 1.82) is 0 Å². The van der Waals surface area contributed by atoms with Gasteiger partial charge in [0.1, 0.15) is 0 Å². The Bertz CT molecular complexity index is 109. The van der Waals surface area contributed by atoms with Crippen LogP contribution in [-0.4, -0.2) is 21.4 Å². The van der Waals surface area contributed by atoms with Crippen LogP contribution in [0.1, 0.15) is 19.8 Å². The van der Waals surface area contributed by atoms with E-state index in [4.69, 9.17) is 10.3 Å². The molecule has 2 unspecified atom stereocenters. The van der Waals surface area contributed by atoms with E-state index in [1.165, 1.54) is 0 Å². The Morgan fingerprint density at radius 1 is 1.80 bits per heavy atom. The predicted octanol–water partition coefficient (Wildman–Crippen LogP) is 0.267. The maximum absolute atomic E-state index is 9.92. The zero-order chi connectivity index (χ0) is 7.98.